The average molecular weight is 339 g/mol. The van der Waals surface area contributed by atoms with Gasteiger partial charge in [-0.3, -0.25) is 14.3 Å². The summed E-state index contributed by atoms with van der Waals surface area (Å²) >= 11 is 11.7. The van der Waals surface area contributed by atoms with E-state index in [1.807, 2.05) is 4.98 Å². The highest BCUT2D eigenvalue weighted by Crippen LogP contribution is 2.28. The lowest BCUT2D eigenvalue weighted by Gasteiger charge is -2.11. The fraction of sp³-hybridized carbons (Fsp3) is 0.167. The summed E-state index contributed by atoms with van der Waals surface area (Å²) in [7, 11) is 0. The lowest BCUT2D eigenvalue weighted by Crippen LogP contribution is -2.40. The summed E-state index contributed by atoms with van der Waals surface area (Å²) in [4.78, 5) is 25.6. The van der Waals surface area contributed by atoms with E-state index in [1.54, 1.807) is 6.07 Å². The fourth-order valence-electron chi connectivity index (χ4n) is 1.77. The molecule has 0 aliphatic carbocycles. The van der Waals surface area contributed by atoms with Gasteiger partial charge in [0.05, 0.1) is 5.56 Å². The highest BCUT2D eigenvalue weighted by atomic mass is 35.5. The summed E-state index contributed by atoms with van der Waals surface area (Å²) in [6, 6.07) is 5.99. The van der Waals surface area contributed by atoms with Crippen LogP contribution in [0.25, 0.3) is 11.1 Å². The Morgan fingerprint density at radius 1 is 1.14 bits per heavy atom. The molecule has 1 heterocycles. The lowest BCUT2D eigenvalue weighted by atomic mass is 10.1. The van der Waals surface area contributed by atoms with Crippen molar-refractivity contribution in [2.45, 2.75) is 12.7 Å². The summed E-state index contributed by atoms with van der Waals surface area (Å²) in [5.74, 6) is 0. The number of aromatic amines is 1. The van der Waals surface area contributed by atoms with E-state index in [0.29, 0.717) is 0 Å². The van der Waals surface area contributed by atoms with Crippen LogP contribution in [0, 0.1) is 0 Å². The zero-order chi connectivity index (χ0) is 15.8. The average Bonchev–Trinajstić information content (AvgIpc) is 2.35. The van der Waals surface area contributed by atoms with Crippen LogP contribution in [0.1, 0.15) is 0 Å². The van der Waals surface area contributed by atoms with Gasteiger partial charge in [-0.05, 0) is 6.07 Å². The summed E-state index contributed by atoms with van der Waals surface area (Å²) in [6.45, 7) is -1.71. The Morgan fingerprint density at radius 2 is 1.76 bits per heavy atom. The van der Waals surface area contributed by atoms with Gasteiger partial charge in [-0.15, -0.1) is 0 Å². The van der Waals surface area contributed by atoms with Crippen molar-refractivity contribution in [1.29, 1.82) is 0 Å². The third-order valence-corrected chi connectivity index (χ3v) is 3.23. The maximum atomic E-state index is 12.4. The van der Waals surface area contributed by atoms with Crippen molar-refractivity contribution in [1.82, 2.24) is 9.55 Å². The number of H-pyrrole nitrogens is 1. The van der Waals surface area contributed by atoms with Crippen LogP contribution in [0.4, 0.5) is 13.2 Å². The van der Waals surface area contributed by atoms with Crippen LogP contribution in [-0.4, -0.2) is 15.7 Å². The molecule has 0 unspecified atom stereocenters. The molecule has 1 N–H and O–H groups in total. The van der Waals surface area contributed by atoms with Gasteiger partial charge in [-0.1, -0.05) is 41.4 Å². The highest BCUT2D eigenvalue weighted by Gasteiger charge is 2.30. The first-order chi connectivity index (χ1) is 9.70. The van der Waals surface area contributed by atoms with Gasteiger partial charge in [0.25, 0.3) is 5.56 Å². The molecule has 0 spiro atoms. The topological polar surface area (TPSA) is 54.9 Å². The van der Waals surface area contributed by atoms with Crippen LogP contribution in [-0.2, 0) is 6.54 Å². The second kappa shape index (κ2) is 5.57. The summed E-state index contributed by atoms with van der Waals surface area (Å²) in [5.41, 5.74) is -2.54. The number of rotatable bonds is 2. The van der Waals surface area contributed by atoms with E-state index >= 15 is 0 Å². The van der Waals surface area contributed by atoms with E-state index in [-0.39, 0.29) is 25.9 Å². The molecule has 0 amide bonds. The van der Waals surface area contributed by atoms with E-state index in [0.717, 1.165) is 0 Å². The molecule has 112 valence electrons. The molecule has 0 bridgehead atoms. The summed E-state index contributed by atoms with van der Waals surface area (Å²) in [6.07, 6.45) is -4.72. The molecule has 4 nitrogen and oxygen atoms in total. The van der Waals surface area contributed by atoms with Gasteiger partial charge in [-0.25, -0.2) is 4.79 Å². The van der Waals surface area contributed by atoms with E-state index in [9.17, 15) is 22.8 Å². The molecule has 9 heteroatoms. The normalized spacial score (nSPS) is 11.7. The van der Waals surface area contributed by atoms with Crippen LogP contribution in [0.3, 0.4) is 0 Å². The molecular weight excluding hydrogens is 332 g/mol. The first-order valence-electron chi connectivity index (χ1n) is 5.55. The van der Waals surface area contributed by atoms with Crippen molar-refractivity contribution in [2.24, 2.45) is 0 Å². The molecule has 0 saturated carbocycles. The first-order valence-corrected chi connectivity index (χ1v) is 6.30. The zero-order valence-corrected chi connectivity index (χ0v) is 11.7. The van der Waals surface area contributed by atoms with Crippen molar-refractivity contribution in [3.05, 3.63) is 55.3 Å². The van der Waals surface area contributed by atoms with E-state index < -0.39 is 24.0 Å². The standard InChI is InChI=1S/C12H7Cl2F3N2O2/c13-7-4-2-1-3-6(7)8-9(14)18-11(21)19(10(8)20)5-12(15,16)17/h1-4H,5H2,(H,18,21). The SMILES string of the molecule is O=c1[nH]c(Cl)c(-c2ccccc2Cl)c(=O)n1CC(F)(F)F. The Kier molecular flexibility index (Phi) is 4.15. The van der Waals surface area contributed by atoms with Gasteiger partial charge in [0.2, 0.25) is 0 Å². The summed E-state index contributed by atoms with van der Waals surface area (Å²) < 4.78 is 37.4. The largest absolute Gasteiger partial charge is 0.406 e. The van der Waals surface area contributed by atoms with Gasteiger partial charge in [0, 0.05) is 10.6 Å². The maximum Gasteiger partial charge on any atom is 0.406 e. The molecule has 1 aromatic heterocycles. The Labute approximate surface area is 125 Å². The molecule has 2 rings (SSSR count). The van der Waals surface area contributed by atoms with Crippen molar-refractivity contribution < 1.29 is 13.2 Å². The smallest absolute Gasteiger partial charge is 0.297 e. The monoisotopic (exact) mass is 338 g/mol. The van der Waals surface area contributed by atoms with Crippen LogP contribution in [0.5, 0.6) is 0 Å². The molecule has 2 aromatic rings. The molecule has 0 fully saturated rings. The molecule has 0 aliphatic heterocycles. The molecular formula is C12H7Cl2F3N2O2. The van der Waals surface area contributed by atoms with Crippen molar-refractivity contribution >= 4 is 23.2 Å². The van der Waals surface area contributed by atoms with Crippen LogP contribution in [0.15, 0.2) is 33.9 Å². The maximum absolute atomic E-state index is 12.4. The lowest BCUT2D eigenvalue weighted by molar-refractivity contribution is -0.141. The number of hydrogen-bond acceptors (Lipinski definition) is 2. The van der Waals surface area contributed by atoms with E-state index in [1.165, 1.54) is 18.2 Å². The molecule has 0 radical (unpaired) electrons. The number of aromatic nitrogens is 2. The van der Waals surface area contributed by atoms with Gasteiger partial charge in [0.1, 0.15) is 11.7 Å². The van der Waals surface area contributed by atoms with Gasteiger partial charge in [-0.2, -0.15) is 13.2 Å². The third-order valence-electron chi connectivity index (χ3n) is 2.62. The molecule has 21 heavy (non-hydrogen) atoms. The molecule has 0 saturated heterocycles. The Morgan fingerprint density at radius 3 is 2.33 bits per heavy atom. The Balaban J connectivity index is 2.75. The van der Waals surface area contributed by atoms with Crippen molar-refractivity contribution in [3.63, 3.8) is 0 Å². The summed E-state index contributed by atoms with van der Waals surface area (Å²) in [5, 5.41) is -0.237. The van der Waals surface area contributed by atoms with Crippen LogP contribution < -0.4 is 11.2 Å². The minimum absolute atomic E-state index is 0.0323. The Bertz CT molecular complexity index is 796. The first kappa shape index (κ1) is 15.7. The number of benzene rings is 1. The number of alkyl halides is 3. The predicted molar refractivity (Wildman–Crippen MR) is 72.8 cm³/mol. The van der Waals surface area contributed by atoms with Crippen molar-refractivity contribution in [2.75, 3.05) is 0 Å². The predicted octanol–water partition coefficient (Wildman–Crippen LogP) is 3.07. The minimum atomic E-state index is -4.72. The van der Waals surface area contributed by atoms with E-state index in [4.69, 9.17) is 23.2 Å². The third kappa shape index (κ3) is 3.30. The van der Waals surface area contributed by atoms with Gasteiger partial charge in [0.15, 0.2) is 0 Å². The number of hydrogen-bond donors (Lipinski definition) is 1. The second-order valence-corrected chi connectivity index (χ2v) is 4.89. The number of nitrogens with one attached hydrogen (secondary N) is 1. The van der Waals surface area contributed by atoms with Crippen molar-refractivity contribution in [3.8, 4) is 11.1 Å². The zero-order valence-electron chi connectivity index (χ0n) is 10.2. The second-order valence-electron chi connectivity index (χ2n) is 4.11. The molecule has 1 aromatic carbocycles. The highest BCUT2D eigenvalue weighted by molar-refractivity contribution is 6.35. The number of nitrogens with zero attached hydrogens (tertiary/aromatic N) is 1. The quantitative estimate of drug-likeness (QED) is 0.855. The van der Waals surface area contributed by atoms with E-state index in [2.05, 4.69) is 0 Å². The number of halogens is 5. The minimum Gasteiger partial charge on any atom is -0.297 e. The molecule has 0 atom stereocenters. The van der Waals surface area contributed by atoms with Gasteiger partial charge >= 0.3 is 11.9 Å². The molecule has 0 aliphatic rings. The Hall–Kier alpha value is -1.73. The van der Waals surface area contributed by atoms with Gasteiger partial charge < -0.3 is 0 Å². The van der Waals surface area contributed by atoms with Crippen LogP contribution in [0.2, 0.25) is 10.2 Å². The fourth-order valence-corrected chi connectivity index (χ4v) is 2.26. The van der Waals surface area contributed by atoms with Crippen LogP contribution >= 0.6 is 23.2 Å².